The Morgan fingerprint density at radius 3 is 2.64 bits per heavy atom. The number of aliphatic carboxylic acids is 1. The summed E-state index contributed by atoms with van der Waals surface area (Å²) in [6, 6.07) is 0. The fourth-order valence-corrected chi connectivity index (χ4v) is 4.90. The van der Waals surface area contributed by atoms with Crippen molar-refractivity contribution < 1.29 is 24.5 Å². The minimum absolute atomic E-state index is 0.0636. The molecule has 0 heterocycles. The molecule has 0 amide bonds. The molecule has 0 aromatic heterocycles. The summed E-state index contributed by atoms with van der Waals surface area (Å²) in [5.41, 5.74) is 0.0636. The second-order valence-corrected chi connectivity index (χ2v) is 8.70. The summed E-state index contributed by atoms with van der Waals surface area (Å²) >= 11 is 0. The zero-order valence-electron chi connectivity index (χ0n) is 17.1. The number of hydrogen-bond acceptors (Lipinski definition) is 3. The molecule has 1 unspecified atom stereocenters. The van der Waals surface area contributed by atoms with Crippen LogP contribution in [0.5, 0.6) is 0 Å². The van der Waals surface area contributed by atoms with Crippen LogP contribution in [0.4, 0.5) is 4.39 Å². The van der Waals surface area contributed by atoms with Crippen molar-refractivity contribution in [3.63, 3.8) is 0 Å². The molecule has 0 aromatic carbocycles. The predicted molar refractivity (Wildman–Crippen MR) is 109 cm³/mol. The molecule has 0 bridgehead atoms. The van der Waals surface area contributed by atoms with Gasteiger partial charge < -0.3 is 15.3 Å². The van der Waals surface area contributed by atoms with Gasteiger partial charge in [-0.2, -0.15) is 0 Å². The van der Waals surface area contributed by atoms with Gasteiger partial charge in [0, 0.05) is 24.7 Å². The van der Waals surface area contributed by atoms with E-state index >= 15 is 0 Å². The lowest BCUT2D eigenvalue weighted by molar-refractivity contribution is -0.137. The van der Waals surface area contributed by atoms with Crippen LogP contribution < -0.4 is 0 Å². The molecule has 2 aliphatic rings. The van der Waals surface area contributed by atoms with Crippen molar-refractivity contribution in [3.05, 3.63) is 24.3 Å². The summed E-state index contributed by atoms with van der Waals surface area (Å²) < 4.78 is 14.4. The first-order valence-electron chi connectivity index (χ1n) is 10.9. The van der Waals surface area contributed by atoms with E-state index in [1.54, 1.807) is 0 Å². The molecular weight excluding hydrogens is 359 g/mol. The lowest BCUT2D eigenvalue weighted by atomic mass is 9.62. The number of alkyl halides is 1. The summed E-state index contributed by atoms with van der Waals surface area (Å²) in [6.07, 6.45) is 13.8. The van der Waals surface area contributed by atoms with Crippen LogP contribution in [0.2, 0.25) is 0 Å². The highest BCUT2D eigenvalue weighted by molar-refractivity contribution is 5.66. The number of carbonyl (C=O) groups is 1. The standard InChI is InChI=1S/C23H37FO4/c1-2-13-23(14-8-15-23)21(26)11-7-10-18-17(19(24)16-20(18)25)9-5-3-4-6-12-22(27)28/h3,5,7,10,17-21,25-26H,2,4,6,8-9,11-16H2,1H3,(H,27,28)/b5-3-,10-7+/t17-,18-,19-,20-,21?/m1/s1. The Kier molecular flexibility index (Phi) is 9.16. The number of allylic oxidation sites excluding steroid dienone is 2. The molecule has 2 rings (SSSR count). The van der Waals surface area contributed by atoms with Crippen LogP contribution in [0.25, 0.3) is 0 Å². The lowest BCUT2D eigenvalue weighted by Crippen LogP contribution is -2.41. The Bertz CT molecular complexity index is 541. The maximum absolute atomic E-state index is 14.4. The molecule has 4 nitrogen and oxygen atoms in total. The first-order chi connectivity index (χ1) is 13.4. The number of unbranched alkanes of at least 4 members (excludes halogenated alkanes) is 1. The Morgan fingerprint density at radius 1 is 1.29 bits per heavy atom. The highest BCUT2D eigenvalue weighted by atomic mass is 19.1. The van der Waals surface area contributed by atoms with E-state index in [0.717, 1.165) is 25.7 Å². The van der Waals surface area contributed by atoms with E-state index in [1.807, 2.05) is 24.3 Å². The molecule has 2 aliphatic carbocycles. The Hall–Kier alpha value is -1.20. The van der Waals surface area contributed by atoms with E-state index in [9.17, 15) is 19.4 Å². The van der Waals surface area contributed by atoms with E-state index in [0.29, 0.717) is 25.7 Å². The van der Waals surface area contributed by atoms with E-state index in [1.165, 1.54) is 6.42 Å². The number of aliphatic hydroxyl groups excluding tert-OH is 2. The van der Waals surface area contributed by atoms with Gasteiger partial charge in [0.25, 0.3) is 0 Å². The molecule has 5 heteroatoms. The van der Waals surface area contributed by atoms with Gasteiger partial charge in [0.15, 0.2) is 0 Å². The fourth-order valence-electron chi connectivity index (χ4n) is 4.90. The van der Waals surface area contributed by atoms with Gasteiger partial charge in [0.2, 0.25) is 0 Å². The van der Waals surface area contributed by atoms with Gasteiger partial charge in [-0.05, 0) is 50.4 Å². The van der Waals surface area contributed by atoms with Crippen LogP contribution in [0.15, 0.2) is 24.3 Å². The summed E-state index contributed by atoms with van der Waals surface area (Å²) in [5.74, 6) is -1.28. The Morgan fingerprint density at radius 2 is 2.04 bits per heavy atom. The van der Waals surface area contributed by atoms with E-state index < -0.39 is 18.2 Å². The summed E-state index contributed by atoms with van der Waals surface area (Å²) in [7, 11) is 0. The Balaban J connectivity index is 1.84. The maximum Gasteiger partial charge on any atom is 0.303 e. The predicted octanol–water partition coefficient (Wildman–Crippen LogP) is 4.80. The monoisotopic (exact) mass is 396 g/mol. The zero-order valence-corrected chi connectivity index (χ0v) is 17.1. The van der Waals surface area contributed by atoms with Crippen molar-refractivity contribution in [1.82, 2.24) is 0 Å². The first-order valence-corrected chi connectivity index (χ1v) is 10.9. The van der Waals surface area contributed by atoms with Crippen LogP contribution >= 0.6 is 0 Å². The molecule has 0 spiro atoms. The van der Waals surface area contributed by atoms with Crippen molar-refractivity contribution in [3.8, 4) is 0 Å². The number of carboxylic acid groups (broad SMARTS) is 1. The van der Waals surface area contributed by atoms with Gasteiger partial charge >= 0.3 is 5.97 Å². The second-order valence-electron chi connectivity index (χ2n) is 8.70. The normalized spacial score (nSPS) is 30.7. The van der Waals surface area contributed by atoms with Gasteiger partial charge in [-0.15, -0.1) is 0 Å². The van der Waals surface area contributed by atoms with Crippen molar-refractivity contribution in [2.45, 2.75) is 95.9 Å². The molecule has 0 aromatic rings. The number of halogens is 1. The fraction of sp³-hybridized carbons (Fsp3) is 0.783. The number of rotatable bonds is 12. The molecule has 3 N–H and O–H groups in total. The summed E-state index contributed by atoms with van der Waals surface area (Å²) in [6.45, 7) is 2.15. The molecule has 2 fully saturated rings. The molecular formula is C23H37FO4. The quantitative estimate of drug-likeness (QED) is 0.327. The molecule has 5 atom stereocenters. The molecule has 0 aliphatic heterocycles. The van der Waals surface area contributed by atoms with Crippen molar-refractivity contribution in [2.75, 3.05) is 0 Å². The molecule has 2 saturated carbocycles. The van der Waals surface area contributed by atoms with E-state index in [2.05, 4.69) is 6.92 Å². The van der Waals surface area contributed by atoms with Gasteiger partial charge in [-0.25, -0.2) is 4.39 Å². The molecule has 0 saturated heterocycles. The largest absolute Gasteiger partial charge is 0.481 e. The molecule has 28 heavy (non-hydrogen) atoms. The molecule has 0 radical (unpaired) electrons. The highest BCUT2D eigenvalue weighted by Gasteiger charge is 2.42. The lowest BCUT2D eigenvalue weighted by Gasteiger charge is -2.45. The number of carboxylic acids is 1. The maximum atomic E-state index is 14.4. The Labute approximate surface area is 168 Å². The van der Waals surface area contributed by atoms with E-state index in [-0.39, 0.29) is 36.2 Å². The SMILES string of the molecule is CCCC1(C(O)C/C=C/[C@@H]2[C@@H](C/C=C\CCCC(=O)O)[C@H](F)C[C@H]2O)CCC1. The highest BCUT2D eigenvalue weighted by Crippen LogP contribution is 2.48. The van der Waals surface area contributed by atoms with Crippen LogP contribution in [-0.4, -0.2) is 39.7 Å². The summed E-state index contributed by atoms with van der Waals surface area (Å²) in [5, 5.41) is 29.5. The van der Waals surface area contributed by atoms with Gasteiger partial charge in [0.1, 0.15) is 6.17 Å². The zero-order chi connectivity index (χ0) is 20.6. The number of aliphatic hydroxyl groups is 2. The van der Waals surface area contributed by atoms with Crippen LogP contribution in [0.1, 0.15) is 77.6 Å². The van der Waals surface area contributed by atoms with Crippen molar-refractivity contribution in [2.24, 2.45) is 17.3 Å². The minimum Gasteiger partial charge on any atom is -0.481 e. The van der Waals surface area contributed by atoms with Gasteiger partial charge in [-0.3, -0.25) is 4.79 Å². The van der Waals surface area contributed by atoms with Crippen molar-refractivity contribution >= 4 is 5.97 Å². The van der Waals surface area contributed by atoms with Crippen LogP contribution in [0, 0.1) is 17.3 Å². The minimum atomic E-state index is -1.03. The first kappa shape index (κ1) is 23.1. The average Bonchev–Trinajstić information content (AvgIpc) is 2.87. The number of hydrogen-bond donors (Lipinski definition) is 3. The average molecular weight is 397 g/mol. The third-order valence-electron chi connectivity index (χ3n) is 6.73. The third kappa shape index (κ3) is 6.15. The van der Waals surface area contributed by atoms with Crippen LogP contribution in [-0.2, 0) is 4.79 Å². The van der Waals surface area contributed by atoms with E-state index in [4.69, 9.17) is 5.11 Å². The smallest absolute Gasteiger partial charge is 0.303 e. The topological polar surface area (TPSA) is 77.8 Å². The summed E-state index contributed by atoms with van der Waals surface area (Å²) in [4.78, 5) is 10.5. The third-order valence-corrected chi connectivity index (χ3v) is 6.73. The van der Waals surface area contributed by atoms with Crippen LogP contribution in [0.3, 0.4) is 0 Å². The molecule has 160 valence electrons. The van der Waals surface area contributed by atoms with Gasteiger partial charge in [-0.1, -0.05) is 44.1 Å². The van der Waals surface area contributed by atoms with Crippen molar-refractivity contribution in [1.29, 1.82) is 0 Å². The second kappa shape index (κ2) is 11.1. The van der Waals surface area contributed by atoms with Gasteiger partial charge in [0.05, 0.1) is 12.2 Å².